The molecule has 0 aliphatic rings. The smallest absolute Gasteiger partial charge is 0.450 e. The monoisotopic (exact) mass is 278 g/mol. The van der Waals surface area contributed by atoms with Crippen LogP contribution < -0.4 is 4.74 Å². The van der Waals surface area contributed by atoms with Crippen LogP contribution >= 0.6 is 34.8 Å². The van der Waals surface area contributed by atoms with Gasteiger partial charge in [0.2, 0.25) is 0 Å². The summed E-state index contributed by atoms with van der Waals surface area (Å²) < 4.78 is 37.7. The van der Waals surface area contributed by atoms with Crippen LogP contribution in [0.1, 0.15) is 0 Å². The fourth-order valence-electron chi connectivity index (χ4n) is 0.709. The van der Waals surface area contributed by atoms with Crippen LogP contribution in [0.4, 0.5) is 13.2 Å². The Balaban J connectivity index is 2.82. The standard InChI is InChI=1S/C8H4Cl3F3O/c9-5-1-3-6(4-2-5)15-7(10,11)8(12,13)14/h1-4H. The zero-order valence-corrected chi connectivity index (χ0v) is 9.25. The lowest BCUT2D eigenvalue weighted by Gasteiger charge is -2.23. The van der Waals surface area contributed by atoms with Gasteiger partial charge in [0.25, 0.3) is 0 Å². The first-order valence-electron chi connectivity index (χ1n) is 3.61. The Morgan fingerprint density at radius 3 is 1.87 bits per heavy atom. The van der Waals surface area contributed by atoms with Crippen molar-refractivity contribution in [2.24, 2.45) is 0 Å². The maximum atomic E-state index is 12.2. The first-order valence-corrected chi connectivity index (χ1v) is 4.75. The van der Waals surface area contributed by atoms with Crippen molar-refractivity contribution in [2.75, 3.05) is 0 Å². The lowest BCUT2D eigenvalue weighted by Crippen LogP contribution is -2.39. The number of hydrogen-bond donors (Lipinski definition) is 0. The summed E-state index contributed by atoms with van der Waals surface area (Å²) in [5.41, 5.74) is 0. The molecule has 0 amide bonds. The van der Waals surface area contributed by atoms with Crippen LogP contribution in [0.25, 0.3) is 0 Å². The summed E-state index contributed by atoms with van der Waals surface area (Å²) >= 11 is 15.5. The minimum atomic E-state index is -4.88. The van der Waals surface area contributed by atoms with E-state index in [1.54, 1.807) is 0 Å². The van der Waals surface area contributed by atoms with Crippen molar-refractivity contribution in [3.8, 4) is 5.75 Å². The molecule has 0 fully saturated rings. The Morgan fingerprint density at radius 2 is 1.47 bits per heavy atom. The van der Waals surface area contributed by atoms with E-state index in [1.165, 1.54) is 24.3 Å². The number of hydrogen-bond acceptors (Lipinski definition) is 1. The number of rotatable bonds is 2. The lowest BCUT2D eigenvalue weighted by molar-refractivity contribution is -0.185. The Morgan fingerprint density at radius 1 is 1.00 bits per heavy atom. The van der Waals surface area contributed by atoms with Gasteiger partial charge in [-0.05, 0) is 47.5 Å². The molecule has 0 saturated heterocycles. The normalized spacial score (nSPS) is 12.7. The predicted molar refractivity (Wildman–Crippen MR) is 52.6 cm³/mol. The quantitative estimate of drug-likeness (QED) is 0.729. The summed E-state index contributed by atoms with van der Waals surface area (Å²) in [5.74, 6) is -0.123. The van der Waals surface area contributed by atoms with Crippen LogP contribution in [0, 0.1) is 0 Å². The molecular weight excluding hydrogens is 275 g/mol. The number of benzene rings is 1. The van der Waals surface area contributed by atoms with Crippen molar-refractivity contribution in [1.29, 1.82) is 0 Å². The first-order chi connectivity index (χ1) is 6.72. The van der Waals surface area contributed by atoms with E-state index in [-0.39, 0.29) is 5.75 Å². The topological polar surface area (TPSA) is 9.23 Å². The minimum Gasteiger partial charge on any atom is -0.450 e. The SMILES string of the molecule is FC(F)(F)C(Cl)(Cl)Oc1ccc(Cl)cc1. The van der Waals surface area contributed by atoms with E-state index in [9.17, 15) is 13.2 Å². The highest BCUT2D eigenvalue weighted by Crippen LogP contribution is 2.41. The third-order valence-corrected chi connectivity index (χ3v) is 2.22. The average molecular weight is 279 g/mol. The predicted octanol–water partition coefficient (Wildman–Crippen LogP) is 4.41. The van der Waals surface area contributed by atoms with Crippen molar-refractivity contribution < 1.29 is 17.9 Å². The second kappa shape index (κ2) is 4.28. The summed E-state index contributed by atoms with van der Waals surface area (Å²) in [6.07, 6.45) is -4.88. The summed E-state index contributed by atoms with van der Waals surface area (Å²) in [6, 6.07) is 5.18. The summed E-state index contributed by atoms with van der Waals surface area (Å²) in [5, 5.41) is 0.365. The Labute approximate surface area is 98.7 Å². The molecule has 84 valence electrons. The number of alkyl halides is 5. The molecule has 0 aromatic heterocycles. The van der Waals surface area contributed by atoms with Crippen LogP contribution in [-0.2, 0) is 0 Å². The molecule has 0 atom stereocenters. The summed E-state index contributed by atoms with van der Waals surface area (Å²) in [6.45, 7) is 0. The van der Waals surface area contributed by atoms with Crippen molar-refractivity contribution in [3.63, 3.8) is 0 Å². The van der Waals surface area contributed by atoms with Crippen molar-refractivity contribution >= 4 is 34.8 Å². The molecule has 0 unspecified atom stereocenters. The minimum absolute atomic E-state index is 0.123. The summed E-state index contributed by atoms with van der Waals surface area (Å²) in [7, 11) is 0. The fraction of sp³-hybridized carbons (Fsp3) is 0.250. The molecule has 0 aliphatic heterocycles. The van der Waals surface area contributed by atoms with Gasteiger partial charge < -0.3 is 4.74 Å². The Hall–Kier alpha value is -0.320. The largest absolute Gasteiger partial charge is 0.459 e. The molecule has 0 bridgehead atoms. The Kier molecular flexibility index (Phi) is 3.63. The highest BCUT2D eigenvalue weighted by Gasteiger charge is 2.55. The summed E-state index contributed by atoms with van der Waals surface area (Å²) in [4.78, 5) is 0. The molecule has 0 saturated carbocycles. The molecule has 0 heterocycles. The molecule has 7 heteroatoms. The second-order valence-corrected chi connectivity index (χ2v) is 4.26. The van der Waals surface area contributed by atoms with E-state index in [4.69, 9.17) is 34.8 Å². The van der Waals surface area contributed by atoms with Crippen LogP contribution in [-0.4, -0.2) is 10.7 Å². The third-order valence-electron chi connectivity index (χ3n) is 1.39. The zero-order valence-electron chi connectivity index (χ0n) is 6.99. The Bertz CT molecular complexity index is 334. The molecule has 0 N–H and O–H groups in total. The van der Waals surface area contributed by atoms with E-state index >= 15 is 0 Å². The van der Waals surface area contributed by atoms with E-state index in [2.05, 4.69) is 4.74 Å². The van der Waals surface area contributed by atoms with Gasteiger partial charge in [-0.1, -0.05) is 11.6 Å². The van der Waals surface area contributed by atoms with Gasteiger partial charge in [0.1, 0.15) is 5.75 Å². The van der Waals surface area contributed by atoms with Gasteiger partial charge in [-0.25, -0.2) is 0 Å². The molecule has 0 aliphatic carbocycles. The molecule has 1 rings (SSSR count). The molecule has 1 aromatic rings. The fourth-order valence-corrected chi connectivity index (χ4v) is 1.01. The van der Waals surface area contributed by atoms with Gasteiger partial charge in [-0.15, -0.1) is 0 Å². The lowest BCUT2D eigenvalue weighted by atomic mass is 10.3. The van der Waals surface area contributed by atoms with Gasteiger partial charge in [-0.2, -0.15) is 13.2 Å². The van der Waals surface area contributed by atoms with Gasteiger partial charge in [0.05, 0.1) is 0 Å². The van der Waals surface area contributed by atoms with E-state index in [1.807, 2.05) is 0 Å². The van der Waals surface area contributed by atoms with Crippen LogP contribution in [0.3, 0.4) is 0 Å². The average Bonchev–Trinajstić information content (AvgIpc) is 2.06. The second-order valence-electron chi connectivity index (χ2n) is 2.57. The van der Waals surface area contributed by atoms with Crippen molar-refractivity contribution in [1.82, 2.24) is 0 Å². The molecular formula is C8H4Cl3F3O. The van der Waals surface area contributed by atoms with E-state index in [0.717, 1.165) is 0 Å². The van der Waals surface area contributed by atoms with Gasteiger partial charge in [-0.3, -0.25) is 0 Å². The highest BCUT2D eigenvalue weighted by molar-refractivity contribution is 6.48. The number of halogens is 6. The van der Waals surface area contributed by atoms with Crippen LogP contribution in [0.15, 0.2) is 24.3 Å². The third kappa shape index (κ3) is 3.33. The molecule has 1 aromatic carbocycles. The number of ether oxygens (including phenoxy) is 1. The molecule has 1 nitrogen and oxygen atoms in total. The molecule has 15 heavy (non-hydrogen) atoms. The van der Waals surface area contributed by atoms with Crippen molar-refractivity contribution in [2.45, 2.75) is 10.7 Å². The van der Waals surface area contributed by atoms with Crippen molar-refractivity contribution in [3.05, 3.63) is 29.3 Å². The first kappa shape index (κ1) is 12.7. The van der Waals surface area contributed by atoms with E-state index < -0.39 is 10.7 Å². The van der Waals surface area contributed by atoms with Gasteiger partial charge >= 0.3 is 10.7 Å². The van der Waals surface area contributed by atoms with Gasteiger partial charge in [0, 0.05) is 5.02 Å². The van der Waals surface area contributed by atoms with E-state index in [0.29, 0.717) is 5.02 Å². The van der Waals surface area contributed by atoms with Crippen LogP contribution in [0.5, 0.6) is 5.75 Å². The maximum Gasteiger partial charge on any atom is 0.459 e. The highest BCUT2D eigenvalue weighted by atomic mass is 35.5. The van der Waals surface area contributed by atoms with Gasteiger partial charge in [0.15, 0.2) is 0 Å². The maximum absolute atomic E-state index is 12.2. The van der Waals surface area contributed by atoms with Crippen LogP contribution in [0.2, 0.25) is 5.02 Å². The molecule has 0 spiro atoms. The molecule has 0 radical (unpaired) electrons. The zero-order chi connectivity index (χ0) is 11.7.